The maximum Gasteiger partial charge on any atom is 0.335 e. The molecule has 0 radical (unpaired) electrons. The minimum atomic E-state index is -1.32. The number of carbonyl (C=O) groups excluding carboxylic acids is 2. The molecule has 0 aliphatic carbocycles. The summed E-state index contributed by atoms with van der Waals surface area (Å²) in [6, 6.07) is 13.1. The summed E-state index contributed by atoms with van der Waals surface area (Å²) in [5.74, 6) is -1.64. The van der Waals surface area contributed by atoms with Crippen molar-refractivity contribution in [3.05, 3.63) is 72.3 Å². The molecule has 0 aliphatic rings. The second kappa shape index (κ2) is 7.92. The number of hydrogen-bond acceptors (Lipinski definition) is 4. The van der Waals surface area contributed by atoms with Crippen LogP contribution < -0.4 is 9.84 Å². The van der Waals surface area contributed by atoms with Crippen molar-refractivity contribution in [3.63, 3.8) is 0 Å². The van der Waals surface area contributed by atoms with E-state index in [1.807, 2.05) is 37.3 Å². The van der Waals surface area contributed by atoms with Gasteiger partial charge in [-0.2, -0.15) is 0 Å². The molecule has 0 heterocycles. The molecular weight excluding hydrogens is 304 g/mol. The third-order valence-corrected chi connectivity index (χ3v) is 3.50. The zero-order valence-corrected chi connectivity index (χ0v) is 13.3. The van der Waals surface area contributed by atoms with Crippen LogP contribution >= 0.6 is 0 Å². The lowest BCUT2D eigenvalue weighted by molar-refractivity contribution is -0.297. The van der Waals surface area contributed by atoms with Gasteiger partial charge in [-0.1, -0.05) is 56.0 Å². The van der Waals surface area contributed by atoms with Gasteiger partial charge in [0.05, 0.1) is 5.97 Å². The summed E-state index contributed by atoms with van der Waals surface area (Å²) in [6.45, 7) is 5.44. The van der Waals surface area contributed by atoms with Gasteiger partial charge in [-0.05, 0) is 29.7 Å². The minimum Gasteiger partial charge on any atom is -0.545 e. The van der Waals surface area contributed by atoms with Crippen molar-refractivity contribution >= 4 is 18.0 Å². The van der Waals surface area contributed by atoms with E-state index < -0.39 is 11.9 Å². The topological polar surface area (TPSA) is 66.4 Å². The zero-order valence-electron chi connectivity index (χ0n) is 13.3. The number of benzene rings is 2. The monoisotopic (exact) mass is 321 g/mol. The van der Waals surface area contributed by atoms with Crippen molar-refractivity contribution in [1.82, 2.24) is 0 Å². The maximum absolute atomic E-state index is 11.7. The SMILES string of the molecule is C=CC(=O)Oc1c(/C=C/C(=O)[O-])cccc1-c1ccccc1CC. The first-order valence-corrected chi connectivity index (χ1v) is 7.51. The molecule has 2 aromatic carbocycles. The molecule has 0 aromatic heterocycles. The summed E-state index contributed by atoms with van der Waals surface area (Å²) < 4.78 is 5.39. The quantitative estimate of drug-likeness (QED) is 0.466. The lowest BCUT2D eigenvalue weighted by atomic mass is 9.95. The molecule has 0 bridgehead atoms. The number of ether oxygens (including phenoxy) is 1. The number of aryl methyl sites for hydroxylation is 1. The fraction of sp³-hybridized carbons (Fsp3) is 0.100. The highest BCUT2D eigenvalue weighted by molar-refractivity contribution is 5.90. The summed E-state index contributed by atoms with van der Waals surface area (Å²) in [7, 11) is 0. The van der Waals surface area contributed by atoms with Crippen LogP contribution in [0.5, 0.6) is 5.75 Å². The predicted molar refractivity (Wildman–Crippen MR) is 91.1 cm³/mol. The zero-order chi connectivity index (χ0) is 17.5. The van der Waals surface area contributed by atoms with Crippen LogP contribution in [-0.4, -0.2) is 11.9 Å². The third kappa shape index (κ3) is 3.98. The highest BCUT2D eigenvalue weighted by Gasteiger charge is 2.14. The van der Waals surface area contributed by atoms with Crippen LogP contribution in [-0.2, 0) is 16.0 Å². The van der Waals surface area contributed by atoms with Crippen LogP contribution in [0.15, 0.2) is 61.2 Å². The third-order valence-electron chi connectivity index (χ3n) is 3.50. The van der Waals surface area contributed by atoms with Crippen molar-refractivity contribution in [2.45, 2.75) is 13.3 Å². The first-order valence-electron chi connectivity index (χ1n) is 7.51. The van der Waals surface area contributed by atoms with Gasteiger partial charge in [0.25, 0.3) is 0 Å². The standard InChI is InChI=1S/C20H18O4/c1-3-14-8-5-6-10-16(14)17-11-7-9-15(12-13-18(21)22)20(17)24-19(23)4-2/h4-13H,2-3H2,1H3,(H,21,22)/p-1/b13-12+. The fourth-order valence-corrected chi connectivity index (χ4v) is 2.40. The maximum atomic E-state index is 11.7. The summed E-state index contributed by atoms with van der Waals surface area (Å²) in [4.78, 5) is 22.4. The molecule has 0 atom stereocenters. The van der Waals surface area contributed by atoms with Gasteiger partial charge in [0.2, 0.25) is 0 Å². The predicted octanol–water partition coefficient (Wildman–Crippen LogP) is 2.77. The number of carbonyl (C=O) groups is 2. The molecule has 0 N–H and O–H groups in total. The molecular formula is C20H17O4-. The fourth-order valence-electron chi connectivity index (χ4n) is 2.40. The van der Waals surface area contributed by atoms with Crippen molar-refractivity contribution in [2.75, 3.05) is 0 Å². The second-order valence-electron chi connectivity index (χ2n) is 5.01. The second-order valence-corrected chi connectivity index (χ2v) is 5.01. The van der Waals surface area contributed by atoms with Crippen LogP contribution in [0.4, 0.5) is 0 Å². The first-order chi connectivity index (χ1) is 11.6. The van der Waals surface area contributed by atoms with E-state index in [0.717, 1.165) is 29.7 Å². The Morgan fingerprint density at radius 1 is 1.12 bits per heavy atom. The molecule has 4 nitrogen and oxygen atoms in total. The molecule has 0 saturated carbocycles. The Labute approximate surface area is 140 Å². The van der Waals surface area contributed by atoms with Gasteiger partial charge in [0.1, 0.15) is 5.75 Å². The molecule has 0 aliphatic heterocycles. The molecule has 2 rings (SSSR count). The molecule has 24 heavy (non-hydrogen) atoms. The summed E-state index contributed by atoms with van der Waals surface area (Å²) in [5.41, 5.74) is 3.20. The Kier molecular flexibility index (Phi) is 5.68. The Balaban J connectivity index is 2.66. The minimum absolute atomic E-state index is 0.292. The van der Waals surface area contributed by atoms with E-state index in [0.29, 0.717) is 16.9 Å². The first kappa shape index (κ1) is 17.2. The smallest absolute Gasteiger partial charge is 0.335 e. The van der Waals surface area contributed by atoms with Crippen LogP contribution in [0.3, 0.4) is 0 Å². The lowest BCUT2D eigenvalue weighted by Crippen LogP contribution is -2.18. The van der Waals surface area contributed by atoms with Gasteiger partial charge in [-0.15, -0.1) is 0 Å². The Morgan fingerprint density at radius 2 is 1.83 bits per heavy atom. The van der Waals surface area contributed by atoms with Gasteiger partial charge in [-0.25, -0.2) is 4.79 Å². The van der Waals surface area contributed by atoms with E-state index in [-0.39, 0.29) is 0 Å². The molecule has 4 heteroatoms. The molecule has 0 saturated heterocycles. The molecule has 0 unspecified atom stereocenters. The highest BCUT2D eigenvalue weighted by atomic mass is 16.5. The Hall–Kier alpha value is -3.14. The number of hydrogen-bond donors (Lipinski definition) is 0. The van der Waals surface area contributed by atoms with Gasteiger partial charge >= 0.3 is 5.97 Å². The highest BCUT2D eigenvalue weighted by Crippen LogP contribution is 2.36. The van der Waals surface area contributed by atoms with Crippen LogP contribution in [0.25, 0.3) is 17.2 Å². The van der Waals surface area contributed by atoms with Crippen molar-refractivity contribution < 1.29 is 19.4 Å². The molecule has 0 amide bonds. The Bertz CT molecular complexity index is 803. The lowest BCUT2D eigenvalue weighted by Gasteiger charge is -2.15. The average molecular weight is 321 g/mol. The molecule has 0 fully saturated rings. The number of para-hydroxylation sites is 1. The van der Waals surface area contributed by atoms with E-state index in [1.54, 1.807) is 12.1 Å². The van der Waals surface area contributed by atoms with E-state index >= 15 is 0 Å². The molecule has 2 aromatic rings. The molecule has 0 spiro atoms. The number of aliphatic carboxylic acids is 1. The summed E-state index contributed by atoms with van der Waals surface area (Å²) >= 11 is 0. The van der Waals surface area contributed by atoms with E-state index in [4.69, 9.17) is 4.74 Å². The number of rotatable bonds is 6. The van der Waals surface area contributed by atoms with Crippen LogP contribution in [0.2, 0.25) is 0 Å². The summed E-state index contributed by atoms with van der Waals surface area (Å²) in [5, 5.41) is 10.7. The number of carboxylic acid groups (broad SMARTS) is 1. The van der Waals surface area contributed by atoms with Crippen LogP contribution in [0.1, 0.15) is 18.1 Å². The largest absolute Gasteiger partial charge is 0.545 e. The number of carboxylic acids is 1. The van der Waals surface area contributed by atoms with Gasteiger partial charge in [0, 0.05) is 17.2 Å². The average Bonchev–Trinajstić information content (AvgIpc) is 2.60. The van der Waals surface area contributed by atoms with E-state index in [2.05, 4.69) is 6.58 Å². The van der Waals surface area contributed by atoms with Gasteiger partial charge in [0.15, 0.2) is 0 Å². The van der Waals surface area contributed by atoms with Crippen molar-refractivity contribution in [2.24, 2.45) is 0 Å². The van der Waals surface area contributed by atoms with Gasteiger partial charge in [-0.3, -0.25) is 0 Å². The van der Waals surface area contributed by atoms with E-state index in [1.165, 1.54) is 6.08 Å². The number of esters is 1. The van der Waals surface area contributed by atoms with Crippen LogP contribution in [0, 0.1) is 0 Å². The molecule has 122 valence electrons. The Morgan fingerprint density at radius 3 is 2.50 bits per heavy atom. The van der Waals surface area contributed by atoms with Gasteiger partial charge < -0.3 is 14.6 Å². The normalized spacial score (nSPS) is 10.5. The van der Waals surface area contributed by atoms with Crippen molar-refractivity contribution in [1.29, 1.82) is 0 Å². The van der Waals surface area contributed by atoms with Crippen molar-refractivity contribution in [3.8, 4) is 16.9 Å². The van der Waals surface area contributed by atoms with E-state index in [9.17, 15) is 14.7 Å². The summed E-state index contributed by atoms with van der Waals surface area (Å²) in [6.07, 6.45) is 4.12.